The van der Waals surface area contributed by atoms with Crippen LogP contribution in [0.15, 0.2) is 24.4 Å². The van der Waals surface area contributed by atoms with E-state index in [2.05, 4.69) is 10.3 Å². The van der Waals surface area contributed by atoms with Gasteiger partial charge < -0.3 is 15.0 Å². The number of hydrogen-bond donors (Lipinski definition) is 1. The van der Waals surface area contributed by atoms with Gasteiger partial charge in [-0.15, -0.1) is 0 Å². The molecule has 2 aliphatic heterocycles. The predicted molar refractivity (Wildman–Crippen MR) is 93.8 cm³/mol. The van der Waals surface area contributed by atoms with Crippen LogP contribution in [-0.4, -0.2) is 53.0 Å². The van der Waals surface area contributed by atoms with Gasteiger partial charge in [0.05, 0.1) is 24.7 Å². The minimum absolute atomic E-state index is 0.0115. The molecule has 25 heavy (non-hydrogen) atoms. The Morgan fingerprint density at radius 3 is 2.76 bits per heavy atom. The first kappa shape index (κ1) is 17.9. The van der Waals surface area contributed by atoms with Gasteiger partial charge in [-0.25, -0.2) is 0 Å². The molecule has 0 unspecified atom stereocenters. The number of piperidine rings is 1. The number of nitrogens with zero attached hydrogens (tertiary/aromatic N) is 2. The van der Waals surface area contributed by atoms with E-state index in [0.29, 0.717) is 26.1 Å². The molecule has 1 aromatic heterocycles. The first-order valence-electron chi connectivity index (χ1n) is 9.09. The van der Waals surface area contributed by atoms with Gasteiger partial charge in [-0.05, 0) is 31.4 Å². The molecule has 2 fully saturated rings. The first-order chi connectivity index (χ1) is 12.0. The van der Waals surface area contributed by atoms with E-state index in [1.807, 2.05) is 36.9 Å². The zero-order valence-corrected chi connectivity index (χ0v) is 15.0. The third-order valence-electron chi connectivity index (χ3n) is 5.17. The highest BCUT2D eigenvalue weighted by Gasteiger charge is 2.43. The van der Waals surface area contributed by atoms with Crippen LogP contribution in [0.5, 0.6) is 0 Å². The molecule has 3 rings (SSSR count). The molecular formula is C19H27N3O3. The summed E-state index contributed by atoms with van der Waals surface area (Å²) in [5.41, 5.74) is 0.623. The first-order valence-corrected chi connectivity index (χ1v) is 9.09. The van der Waals surface area contributed by atoms with E-state index in [0.717, 1.165) is 25.0 Å². The fraction of sp³-hybridized carbons (Fsp3) is 0.632. The van der Waals surface area contributed by atoms with Crippen LogP contribution in [0.4, 0.5) is 0 Å². The lowest BCUT2D eigenvalue weighted by Gasteiger charge is -2.38. The van der Waals surface area contributed by atoms with Gasteiger partial charge in [-0.2, -0.15) is 0 Å². The third kappa shape index (κ3) is 4.37. The van der Waals surface area contributed by atoms with E-state index in [1.165, 1.54) is 0 Å². The summed E-state index contributed by atoms with van der Waals surface area (Å²) < 4.78 is 6.06. The summed E-state index contributed by atoms with van der Waals surface area (Å²) in [6, 6.07) is 5.72. The topological polar surface area (TPSA) is 71.5 Å². The number of likely N-dealkylation sites (tertiary alicyclic amines) is 1. The number of nitrogens with one attached hydrogen (secondary N) is 1. The molecule has 3 heterocycles. The highest BCUT2D eigenvalue weighted by molar-refractivity contribution is 5.78. The van der Waals surface area contributed by atoms with Crippen molar-refractivity contribution in [3.63, 3.8) is 0 Å². The van der Waals surface area contributed by atoms with Crippen LogP contribution >= 0.6 is 0 Å². The molecule has 2 saturated heterocycles. The van der Waals surface area contributed by atoms with Gasteiger partial charge in [0, 0.05) is 30.9 Å². The van der Waals surface area contributed by atoms with Crippen LogP contribution in [0.25, 0.3) is 0 Å². The highest BCUT2D eigenvalue weighted by Crippen LogP contribution is 2.36. The summed E-state index contributed by atoms with van der Waals surface area (Å²) in [5, 5.41) is 3.06. The van der Waals surface area contributed by atoms with Crippen LogP contribution in [0.3, 0.4) is 0 Å². The zero-order chi connectivity index (χ0) is 17.9. The van der Waals surface area contributed by atoms with Crippen LogP contribution in [-0.2, 0) is 20.7 Å². The molecular weight excluding hydrogens is 318 g/mol. The van der Waals surface area contributed by atoms with Crippen LogP contribution < -0.4 is 5.32 Å². The number of ether oxygens (including phenoxy) is 1. The van der Waals surface area contributed by atoms with E-state index in [-0.39, 0.29) is 29.4 Å². The summed E-state index contributed by atoms with van der Waals surface area (Å²) in [4.78, 5) is 30.4. The largest absolute Gasteiger partial charge is 0.373 e. The number of aromatic nitrogens is 1. The Balaban J connectivity index is 1.48. The van der Waals surface area contributed by atoms with E-state index in [4.69, 9.17) is 4.74 Å². The van der Waals surface area contributed by atoms with Gasteiger partial charge in [0.1, 0.15) is 0 Å². The van der Waals surface area contributed by atoms with Crippen molar-refractivity contribution < 1.29 is 14.3 Å². The number of carbonyl (C=O) groups is 2. The second kappa shape index (κ2) is 7.52. The monoisotopic (exact) mass is 345 g/mol. The summed E-state index contributed by atoms with van der Waals surface area (Å²) >= 11 is 0. The minimum Gasteiger partial charge on any atom is -0.373 e. The Morgan fingerprint density at radius 2 is 2.12 bits per heavy atom. The van der Waals surface area contributed by atoms with Crippen molar-refractivity contribution in [2.24, 2.45) is 5.92 Å². The maximum Gasteiger partial charge on any atom is 0.228 e. The molecule has 1 atom stereocenters. The molecule has 0 radical (unpaired) electrons. The Hall–Kier alpha value is -1.95. The zero-order valence-electron chi connectivity index (χ0n) is 15.0. The van der Waals surface area contributed by atoms with E-state index in [9.17, 15) is 9.59 Å². The van der Waals surface area contributed by atoms with Gasteiger partial charge in [-0.3, -0.25) is 14.6 Å². The maximum atomic E-state index is 12.4. The predicted octanol–water partition coefficient (Wildman–Crippen LogP) is 1.55. The molecule has 2 amide bonds. The van der Waals surface area contributed by atoms with Gasteiger partial charge >= 0.3 is 0 Å². The summed E-state index contributed by atoms with van der Waals surface area (Å²) in [7, 11) is 0. The summed E-state index contributed by atoms with van der Waals surface area (Å²) in [5.74, 6) is 0.187. The number of rotatable bonds is 4. The molecule has 136 valence electrons. The lowest BCUT2D eigenvalue weighted by Crippen LogP contribution is -2.47. The normalized spacial score (nSPS) is 22.4. The van der Waals surface area contributed by atoms with Crippen molar-refractivity contribution in [1.29, 1.82) is 0 Å². The van der Waals surface area contributed by atoms with Crippen molar-refractivity contribution in [3.05, 3.63) is 30.1 Å². The molecule has 1 N–H and O–H groups in total. The molecule has 0 saturated carbocycles. The second-order valence-corrected chi connectivity index (χ2v) is 7.44. The van der Waals surface area contributed by atoms with Crippen molar-refractivity contribution >= 4 is 11.8 Å². The summed E-state index contributed by atoms with van der Waals surface area (Å²) in [6.45, 7) is 5.77. The molecule has 6 nitrogen and oxygen atoms in total. The molecule has 1 spiro atoms. The lowest BCUT2D eigenvalue weighted by molar-refractivity contribution is -0.135. The fourth-order valence-corrected chi connectivity index (χ4v) is 3.59. The number of hydrogen-bond acceptors (Lipinski definition) is 4. The Labute approximate surface area is 148 Å². The van der Waals surface area contributed by atoms with Gasteiger partial charge in [0.2, 0.25) is 11.8 Å². The van der Waals surface area contributed by atoms with Gasteiger partial charge in [0.15, 0.2) is 0 Å². The SMILES string of the molecule is CC(C)C(=O)N[C@H]1COC2(CCN(C(=O)Cc3ccccn3)CC2)C1. The lowest BCUT2D eigenvalue weighted by atomic mass is 9.87. The number of carbonyl (C=O) groups excluding carboxylic acids is 2. The Morgan fingerprint density at radius 1 is 1.36 bits per heavy atom. The molecule has 0 aromatic carbocycles. The third-order valence-corrected chi connectivity index (χ3v) is 5.17. The highest BCUT2D eigenvalue weighted by atomic mass is 16.5. The summed E-state index contributed by atoms with van der Waals surface area (Å²) in [6.07, 6.45) is 4.56. The fourth-order valence-electron chi connectivity index (χ4n) is 3.59. The van der Waals surface area contributed by atoms with Crippen LogP contribution in [0.2, 0.25) is 0 Å². The van der Waals surface area contributed by atoms with Crippen molar-refractivity contribution in [1.82, 2.24) is 15.2 Å². The average Bonchev–Trinajstić information content (AvgIpc) is 2.98. The van der Waals surface area contributed by atoms with E-state index in [1.54, 1.807) is 6.20 Å². The Kier molecular flexibility index (Phi) is 5.37. The molecule has 2 aliphatic rings. The Bertz CT molecular complexity index is 610. The average molecular weight is 345 g/mol. The van der Waals surface area contributed by atoms with Gasteiger partial charge in [0.25, 0.3) is 0 Å². The smallest absolute Gasteiger partial charge is 0.228 e. The maximum absolute atomic E-state index is 12.4. The quantitative estimate of drug-likeness (QED) is 0.899. The minimum atomic E-state index is -0.184. The molecule has 0 aliphatic carbocycles. The standard InChI is InChI=1S/C19H27N3O3/c1-14(2)18(24)21-16-12-19(25-13-16)6-9-22(10-7-19)17(23)11-15-5-3-4-8-20-15/h3-5,8,14,16H,6-7,9-13H2,1-2H3,(H,21,24)/t16-/m1/s1. The van der Waals surface area contributed by atoms with Crippen molar-refractivity contribution in [3.8, 4) is 0 Å². The number of amides is 2. The molecule has 6 heteroatoms. The number of pyridine rings is 1. The van der Waals surface area contributed by atoms with Crippen molar-refractivity contribution in [2.45, 2.75) is 51.2 Å². The van der Waals surface area contributed by atoms with E-state index < -0.39 is 0 Å². The second-order valence-electron chi connectivity index (χ2n) is 7.44. The van der Waals surface area contributed by atoms with Crippen LogP contribution in [0.1, 0.15) is 38.8 Å². The van der Waals surface area contributed by atoms with Crippen LogP contribution in [0, 0.1) is 5.92 Å². The van der Waals surface area contributed by atoms with Gasteiger partial charge in [-0.1, -0.05) is 19.9 Å². The molecule has 0 bridgehead atoms. The van der Waals surface area contributed by atoms with Crippen molar-refractivity contribution in [2.75, 3.05) is 19.7 Å². The van der Waals surface area contributed by atoms with E-state index >= 15 is 0 Å². The molecule has 1 aromatic rings.